The lowest BCUT2D eigenvalue weighted by Crippen LogP contribution is -2.26. The van der Waals surface area contributed by atoms with E-state index in [0.29, 0.717) is 18.9 Å². The summed E-state index contributed by atoms with van der Waals surface area (Å²) in [4.78, 5) is 4.69. The molecule has 2 aromatic rings. The Morgan fingerprint density at radius 1 is 1.35 bits per heavy atom. The van der Waals surface area contributed by atoms with E-state index in [1.807, 2.05) is 5.38 Å². The molecule has 0 aliphatic carbocycles. The van der Waals surface area contributed by atoms with Crippen LogP contribution in [-0.4, -0.2) is 19.9 Å². The van der Waals surface area contributed by atoms with Gasteiger partial charge >= 0.3 is 0 Å². The SMILES string of the molecule is CC(CCNS(=O)(=O)c1ccccc1)Cc1csc(CC#N)n1. The van der Waals surface area contributed by atoms with Crippen LogP contribution in [0.5, 0.6) is 0 Å². The summed E-state index contributed by atoms with van der Waals surface area (Å²) in [7, 11) is -3.43. The maximum absolute atomic E-state index is 12.1. The van der Waals surface area contributed by atoms with Crippen LogP contribution >= 0.6 is 11.3 Å². The number of hydrogen-bond acceptors (Lipinski definition) is 5. The number of sulfonamides is 1. The Bertz CT molecular complexity index is 764. The molecule has 0 spiro atoms. The van der Waals surface area contributed by atoms with Crippen molar-refractivity contribution in [3.05, 3.63) is 46.4 Å². The van der Waals surface area contributed by atoms with Crippen molar-refractivity contribution in [2.75, 3.05) is 6.54 Å². The molecule has 1 aromatic carbocycles. The second-order valence-electron chi connectivity index (χ2n) is 5.38. The molecule has 0 bridgehead atoms. The van der Waals surface area contributed by atoms with E-state index in [-0.39, 0.29) is 4.90 Å². The highest BCUT2D eigenvalue weighted by Gasteiger charge is 2.14. The number of rotatable bonds is 8. The van der Waals surface area contributed by atoms with Crippen molar-refractivity contribution < 1.29 is 8.42 Å². The Kier molecular flexibility index (Phi) is 6.28. The number of nitrogens with zero attached hydrogens (tertiary/aromatic N) is 2. The van der Waals surface area contributed by atoms with Gasteiger partial charge in [0.25, 0.3) is 0 Å². The van der Waals surface area contributed by atoms with Crippen molar-refractivity contribution >= 4 is 21.4 Å². The van der Waals surface area contributed by atoms with Gasteiger partial charge in [-0.3, -0.25) is 0 Å². The molecule has 0 aliphatic heterocycles. The molecule has 7 heteroatoms. The smallest absolute Gasteiger partial charge is 0.240 e. The largest absolute Gasteiger partial charge is 0.245 e. The topological polar surface area (TPSA) is 82.9 Å². The van der Waals surface area contributed by atoms with E-state index in [4.69, 9.17) is 5.26 Å². The number of nitrogens with one attached hydrogen (secondary N) is 1. The first-order valence-corrected chi connectivity index (χ1v) is 9.72. The molecular weight excluding hydrogens is 330 g/mol. The van der Waals surface area contributed by atoms with E-state index >= 15 is 0 Å². The zero-order chi connectivity index (χ0) is 16.7. The van der Waals surface area contributed by atoms with Gasteiger partial charge in [-0.15, -0.1) is 11.3 Å². The molecule has 0 aliphatic rings. The fourth-order valence-electron chi connectivity index (χ4n) is 2.17. The van der Waals surface area contributed by atoms with Crippen LogP contribution in [0.3, 0.4) is 0 Å². The maximum Gasteiger partial charge on any atom is 0.240 e. The van der Waals surface area contributed by atoms with E-state index in [2.05, 4.69) is 22.7 Å². The summed E-state index contributed by atoms with van der Waals surface area (Å²) in [5.41, 5.74) is 0.971. The van der Waals surface area contributed by atoms with Gasteiger partial charge in [0.15, 0.2) is 0 Å². The van der Waals surface area contributed by atoms with Gasteiger partial charge < -0.3 is 0 Å². The Hall–Kier alpha value is -1.75. The van der Waals surface area contributed by atoms with Crippen LogP contribution in [0.1, 0.15) is 24.0 Å². The fraction of sp³-hybridized carbons (Fsp3) is 0.375. The molecule has 1 N–H and O–H groups in total. The highest BCUT2D eigenvalue weighted by molar-refractivity contribution is 7.89. The Balaban J connectivity index is 1.80. The molecule has 0 saturated carbocycles. The summed E-state index contributed by atoms with van der Waals surface area (Å²) in [6.45, 7) is 2.47. The van der Waals surface area contributed by atoms with Crippen LogP contribution in [0.25, 0.3) is 0 Å². The van der Waals surface area contributed by atoms with Crippen LogP contribution < -0.4 is 4.72 Å². The Morgan fingerprint density at radius 3 is 2.78 bits per heavy atom. The molecule has 23 heavy (non-hydrogen) atoms. The maximum atomic E-state index is 12.1. The normalized spacial score (nSPS) is 12.7. The lowest BCUT2D eigenvalue weighted by molar-refractivity contribution is 0.513. The van der Waals surface area contributed by atoms with E-state index in [1.54, 1.807) is 30.3 Å². The van der Waals surface area contributed by atoms with Gasteiger partial charge in [-0.25, -0.2) is 18.1 Å². The molecule has 1 aromatic heterocycles. The summed E-state index contributed by atoms with van der Waals surface area (Å²) in [5, 5.41) is 11.5. The quantitative estimate of drug-likeness (QED) is 0.794. The van der Waals surface area contributed by atoms with Gasteiger partial charge in [0.2, 0.25) is 10.0 Å². The molecule has 0 saturated heterocycles. The predicted molar refractivity (Wildman–Crippen MR) is 90.5 cm³/mol. The average molecular weight is 349 g/mol. The second-order valence-corrected chi connectivity index (χ2v) is 8.09. The van der Waals surface area contributed by atoms with Crippen LogP contribution in [0.15, 0.2) is 40.6 Å². The van der Waals surface area contributed by atoms with Crippen molar-refractivity contribution in [3.8, 4) is 6.07 Å². The minimum atomic E-state index is -3.43. The van der Waals surface area contributed by atoms with Gasteiger partial charge in [-0.2, -0.15) is 5.26 Å². The fourth-order valence-corrected chi connectivity index (χ4v) is 3.98. The minimum Gasteiger partial charge on any atom is -0.245 e. The first-order valence-electron chi connectivity index (χ1n) is 7.36. The lowest BCUT2D eigenvalue weighted by atomic mass is 10.0. The monoisotopic (exact) mass is 349 g/mol. The highest BCUT2D eigenvalue weighted by Crippen LogP contribution is 2.16. The van der Waals surface area contributed by atoms with Crippen molar-refractivity contribution in [2.45, 2.75) is 31.1 Å². The molecule has 122 valence electrons. The van der Waals surface area contributed by atoms with Crippen molar-refractivity contribution in [2.24, 2.45) is 5.92 Å². The molecule has 0 fully saturated rings. The third kappa shape index (κ3) is 5.43. The van der Waals surface area contributed by atoms with Crippen molar-refractivity contribution in [1.29, 1.82) is 5.26 Å². The predicted octanol–water partition coefficient (Wildman–Crippen LogP) is 2.76. The van der Waals surface area contributed by atoms with Crippen molar-refractivity contribution in [1.82, 2.24) is 9.71 Å². The van der Waals surface area contributed by atoms with Gasteiger partial charge in [0.1, 0.15) is 5.01 Å². The lowest BCUT2D eigenvalue weighted by Gasteiger charge is -2.11. The number of aromatic nitrogens is 1. The third-order valence-corrected chi connectivity index (χ3v) is 5.74. The molecule has 1 atom stereocenters. The molecule has 1 unspecified atom stereocenters. The summed E-state index contributed by atoms with van der Waals surface area (Å²) in [6, 6.07) is 10.5. The zero-order valence-electron chi connectivity index (χ0n) is 12.9. The minimum absolute atomic E-state index is 0.285. The average Bonchev–Trinajstić information content (AvgIpc) is 2.95. The number of nitriles is 1. The number of hydrogen-bond donors (Lipinski definition) is 1. The van der Waals surface area contributed by atoms with Crippen LogP contribution in [0, 0.1) is 17.2 Å². The van der Waals surface area contributed by atoms with Gasteiger partial charge in [0.05, 0.1) is 23.1 Å². The van der Waals surface area contributed by atoms with E-state index in [0.717, 1.165) is 23.5 Å². The van der Waals surface area contributed by atoms with E-state index in [1.165, 1.54) is 11.3 Å². The van der Waals surface area contributed by atoms with Gasteiger partial charge in [0, 0.05) is 11.9 Å². The van der Waals surface area contributed by atoms with Gasteiger partial charge in [-0.1, -0.05) is 25.1 Å². The van der Waals surface area contributed by atoms with Crippen LogP contribution in [-0.2, 0) is 22.9 Å². The zero-order valence-corrected chi connectivity index (χ0v) is 14.5. The van der Waals surface area contributed by atoms with Crippen LogP contribution in [0.4, 0.5) is 0 Å². The summed E-state index contributed by atoms with van der Waals surface area (Å²) >= 11 is 1.50. The molecule has 5 nitrogen and oxygen atoms in total. The first-order chi connectivity index (χ1) is 11.0. The second kappa shape index (κ2) is 8.20. The van der Waals surface area contributed by atoms with Gasteiger partial charge in [-0.05, 0) is 30.9 Å². The van der Waals surface area contributed by atoms with E-state index < -0.39 is 10.0 Å². The highest BCUT2D eigenvalue weighted by atomic mass is 32.2. The molecule has 1 heterocycles. The van der Waals surface area contributed by atoms with Crippen molar-refractivity contribution in [3.63, 3.8) is 0 Å². The third-order valence-electron chi connectivity index (χ3n) is 3.37. The summed E-state index contributed by atoms with van der Waals surface area (Å²) in [5.74, 6) is 0.311. The number of benzene rings is 1. The first kappa shape index (κ1) is 17.6. The Labute approximate surface area is 141 Å². The summed E-state index contributed by atoms with van der Waals surface area (Å²) in [6.07, 6.45) is 1.86. The number of thiazole rings is 1. The van der Waals surface area contributed by atoms with E-state index in [9.17, 15) is 8.42 Å². The molecule has 0 amide bonds. The molecule has 0 radical (unpaired) electrons. The van der Waals surface area contributed by atoms with Crippen LogP contribution in [0.2, 0.25) is 0 Å². The Morgan fingerprint density at radius 2 is 2.09 bits per heavy atom. The molecule has 2 rings (SSSR count). The standard InChI is InChI=1S/C16H19N3O2S2/c1-13(11-14-12-22-16(19-14)7-9-17)8-10-18-23(20,21)15-5-3-2-4-6-15/h2-6,12-13,18H,7-8,10-11H2,1H3. The molecular formula is C16H19N3O2S2. The summed E-state index contributed by atoms with van der Waals surface area (Å²) < 4.78 is 26.8.